The van der Waals surface area contributed by atoms with Crippen molar-refractivity contribution in [1.29, 1.82) is 0 Å². The zero-order valence-electron chi connectivity index (χ0n) is 15.3. The number of piperazine rings is 1. The van der Waals surface area contributed by atoms with Crippen LogP contribution in [0.1, 0.15) is 5.89 Å². The summed E-state index contributed by atoms with van der Waals surface area (Å²) < 4.78 is 38.0. The van der Waals surface area contributed by atoms with Crippen molar-refractivity contribution in [2.24, 2.45) is 0 Å². The van der Waals surface area contributed by atoms with E-state index in [1.807, 2.05) is 0 Å². The molecule has 0 amide bonds. The first-order valence-electron chi connectivity index (χ1n) is 8.87. The summed E-state index contributed by atoms with van der Waals surface area (Å²) >= 11 is 5.98. The maximum absolute atomic E-state index is 12.8. The first-order valence-corrected chi connectivity index (χ1v) is 10.7. The minimum absolute atomic E-state index is 0.276. The molecular weight excluding hydrogens is 402 g/mol. The number of hydrogen-bond donors (Lipinski definition) is 0. The number of nitrogens with zero attached hydrogens (tertiary/aromatic N) is 3. The van der Waals surface area contributed by atoms with Gasteiger partial charge in [0.1, 0.15) is 11.3 Å². The van der Waals surface area contributed by atoms with E-state index < -0.39 is 10.0 Å². The van der Waals surface area contributed by atoms with Crippen molar-refractivity contribution in [3.8, 4) is 5.75 Å². The van der Waals surface area contributed by atoms with Crippen LogP contribution in [-0.4, -0.2) is 55.9 Å². The van der Waals surface area contributed by atoms with Gasteiger partial charge >= 0.3 is 0 Å². The molecule has 1 aliphatic rings. The molecule has 0 saturated carbocycles. The molecule has 7 nitrogen and oxygen atoms in total. The molecule has 9 heteroatoms. The van der Waals surface area contributed by atoms with Crippen LogP contribution >= 0.6 is 11.6 Å². The van der Waals surface area contributed by atoms with Crippen molar-refractivity contribution in [2.75, 3.05) is 33.3 Å². The van der Waals surface area contributed by atoms with E-state index in [0.29, 0.717) is 55.0 Å². The second-order valence-corrected chi connectivity index (χ2v) is 8.95. The van der Waals surface area contributed by atoms with Gasteiger partial charge in [-0.25, -0.2) is 13.4 Å². The van der Waals surface area contributed by atoms with E-state index in [4.69, 9.17) is 20.8 Å². The van der Waals surface area contributed by atoms with Gasteiger partial charge in [0.05, 0.1) is 18.6 Å². The van der Waals surface area contributed by atoms with Gasteiger partial charge in [-0.3, -0.25) is 4.90 Å². The second kappa shape index (κ2) is 7.71. The maximum Gasteiger partial charge on any atom is 0.243 e. The van der Waals surface area contributed by atoms with Crippen LogP contribution in [-0.2, 0) is 16.6 Å². The Bertz CT molecular complexity index is 1070. The summed E-state index contributed by atoms with van der Waals surface area (Å²) in [6, 6.07) is 11.8. The number of halogens is 1. The summed E-state index contributed by atoms with van der Waals surface area (Å²) in [6.45, 7) is 2.58. The lowest BCUT2D eigenvalue weighted by Crippen LogP contribution is -2.48. The lowest BCUT2D eigenvalue weighted by atomic mass is 10.3. The van der Waals surface area contributed by atoms with E-state index in [1.165, 1.54) is 4.31 Å². The number of aromatic nitrogens is 1. The van der Waals surface area contributed by atoms with Crippen molar-refractivity contribution in [3.05, 3.63) is 53.4 Å². The predicted octanol–water partition coefficient (Wildman–Crippen LogP) is 3.00. The van der Waals surface area contributed by atoms with Crippen LogP contribution in [0.2, 0.25) is 5.02 Å². The normalized spacial score (nSPS) is 16.5. The largest absolute Gasteiger partial charge is 0.497 e. The minimum Gasteiger partial charge on any atom is -0.497 e. The zero-order valence-corrected chi connectivity index (χ0v) is 16.9. The molecule has 2 heterocycles. The number of fused-ring (bicyclic) bond motifs is 1. The van der Waals surface area contributed by atoms with Gasteiger partial charge in [-0.2, -0.15) is 4.31 Å². The highest BCUT2D eigenvalue weighted by molar-refractivity contribution is 7.89. The maximum atomic E-state index is 12.8. The molecule has 28 heavy (non-hydrogen) atoms. The van der Waals surface area contributed by atoms with E-state index in [-0.39, 0.29) is 4.90 Å². The SMILES string of the molecule is COc1ccc(S(=O)(=O)N2CCN(Cc3nc4cc(Cl)ccc4o3)CC2)cc1. The molecule has 2 aromatic carbocycles. The minimum atomic E-state index is -3.51. The Morgan fingerprint density at radius 3 is 2.50 bits per heavy atom. The Morgan fingerprint density at radius 1 is 1.11 bits per heavy atom. The highest BCUT2D eigenvalue weighted by Gasteiger charge is 2.29. The van der Waals surface area contributed by atoms with Gasteiger partial charge in [-0.15, -0.1) is 0 Å². The third-order valence-corrected chi connectivity index (χ3v) is 6.93. The molecule has 1 aliphatic heterocycles. The molecule has 0 N–H and O–H groups in total. The molecule has 3 aromatic rings. The summed E-state index contributed by atoms with van der Waals surface area (Å²) in [4.78, 5) is 6.87. The summed E-state index contributed by atoms with van der Waals surface area (Å²) in [5.41, 5.74) is 1.42. The van der Waals surface area contributed by atoms with Gasteiger partial charge in [0.15, 0.2) is 5.58 Å². The van der Waals surface area contributed by atoms with Crippen LogP contribution in [0.5, 0.6) is 5.75 Å². The third-order valence-electron chi connectivity index (χ3n) is 4.78. The number of methoxy groups -OCH3 is 1. The predicted molar refractivity (Wildman–Crippen MR) is 106 cm³/mol. The summed E-state index contributed by atoms with van der Waals surface area (Å²) in [5.74, 6) is 1.23. The van der Waals surface area contributed by atoms with Gasteiger partial charge in [0.25, 0.3) is 0 Å². The first-order chi connectivity index (χ1) is 13.5. The van der Waals surface area contributed by atoms with Gasteiger partial charge in [0, 0.05) is 31.2 Å². The van der Waals surface area contributed by atoms with Crippen molar-refractivity contribution >= 4 is 32.7 Å². The third kappa shape index (κ3) is 3.86. The standard InChI is InChI=1S/C19H20ClN3O4S/c1-26-15-3-5-16(6-4-15)28(24,25)23-10-8-22(9-11-23)13-19-21-17-12-14(20)2-7-18(17)27-19/h2-7,12H,8-11,13H2,1H3. The van der Waals surface area contributed by atoms with Crippen LogP contribution in [0.15, 0.2) is 51.8 Å². The molecule has 0 spiro atoms. The monoisotopic (exact) mass is 421 g/mol. The van der Waals surface area contributed by atoms with E-state index in [1.54, 1.807) is 49.6 Å². The van der Waals surface area contributed by atoms with Crippen LogP contribution < -0.4 is 4.74 Å². The van der Waals surface area contributed by atoms with Crippen molar-refractivity contribution < 1.29 is 17.6 Å². The van der Waals surface area contributed by atoms with Crippen LogP contribution in [0.4, 0.5) is 0 Å². The number of oxazole rings is 1. The number of rotatable bonds is 5. The molecule has 0 radical (unpaired) electrons. The van der Waals surface area contributed by atoms with Gasteiger partial charge in [-0.05, 0) is 42.5 Å². The topological polar surface area (TPSA) is 75.9 Å². The van der Waals surface area contributed by atoms with Crippen LogP contribution in [0.3, 0.4) is 0 Å². The van der Waals surface area contributed by atoms with Gasteiger partial charge < -0.3 is 9.15 Å². The smallest absolute Gasteiger partial charge is 0.243 e. The quantitative estimate of drug-likeness (QED) is 0.630. The second-order valence-electron chi connectivity index (χ2n) is 6.58. The summed E-state index contributed by atoms with van der Waals surface area (Å²) in [6.07, 6.45) is 0. The molecule has 1 aromatic heterocycles. The lowest BCUT2D eigenvalue weighted by molar-refractivity contribution is 0.169. The molecule has 4 rings (SSSR count). The zero-order chi connectivity index (χ0) is 19.7. The number of sulfonamides is 1. The van der Waals surface area contributed by atoms with Crippen LogP contribution in [0, 0.1) is 0 Å². The molecule has 148 valence electrons. The van der Waals surface area contributed by atoms with E-state index in [9.17, 15) is 8.42 Å². The molecule has 1 fully saturated rings. The molecule has 1 saturated heterocycles. The molecule has 0 atom stereocenters. The van der Waals surface area contributed by atoms with Crippen molar-refractivity contribution in [1.82, 2.24) is 14.2 Å². The van der Waals surface area contributed by atoms with Crippen LogP contribution in [0.25, 0.3) is 11.1 Å². The first kappa shape index (κ1) is 19.2. The Labute approximate surface area is 168 Å². The Morgan fingerprint density at radius 2 is 1.82 bits per heavy atom. The van der Waals surface area contributed by atoms with E-state index in [0.717, 1.165) is 5.52 Å². The highest BCUT2D eigenvalue weighted by Crippen LogP contribution is 2.23. The Hall–Kier alpha value is -2.13. The summed E-state index contributed by atoms with van der Waals surface area (Å²) in [7, 11) is -1.96. The number of ether oxygens (including phenoxy) is 1. The summed E-state index contributed by atoms with van der Waals surface area (Å²) in [5, 5.41) is 0.615. The van der Waals surface area contributed by atoms with E-state index in [2.05, 4.69) is 9.88 Å². The Balaban J connectivity index is 1.40. The van der Waals surface area contributed by atoms with E-state index >= 15 is 0 Å². The Kier molecular flexibility index (Phi) is 5.29. The van der Waals surface area contributed by atoms with Gasteiger partial charge in [0.2, 0.25) is 15.9 Å². The van der Waals surface area contributed by atoms with Crippen molar-refractivity contribution in [3.63, 3.8) is 0 Å². The molecule has 0 bridgehead atoms. The lowest BCUT2D eigenvalue weighted by Gasteiger charge is -2.33. The fourth-order valence-corrected chi connectivity index (χ4v) is 4.82. The fourth-order valence-electron chi connectivity index (χ4n) is 3.23. The molecule has 0 unspecified atom stereocenters. The van der Waals surface area contributed by atoms with Crippen molar-refractivity contribution in [2.45, 2.75) is 11.4 Å². The molecular formula is C19H20ClN3O4S. The number of hydrogen-bond acceptors (Lipinski definition) is 6. The fraction of sp³-hybridized carbons (Fsp3) is 0.316. The average molecular weight is 422 g/mol. The molecule has 0 aliphatic carbocycles. The highest BCUT2D eigenvalue weighted by atomic mass is 35.5. The number of benzene rings is 2. The average Bonchev–Trinajstić information content (AvgIpc) is 3.09. The van der Waals surface area contributed by atoms with Gasteiger partial charge in [-0.1, -0.05) is 11.6 Å².